The van der Waals surface area contributed by atoms with Crippen molar-refractivity contribution in [1.82, 2.24) is 0 Å². The Balaban J connectivity index is 2.17. The Morgan fingerprint density at radius 3 is 2.05 bits per heavy atom. The van der Waals surface area contributed by atoms with Gasteiger partial charge in [0, 0.05) is 22.2 Å². The van der Waals surface area contributed by atoms with Gasteiger partial charge in [0.15, 0.2) is 5.78 Å². The highest BCUT2D eigenvalue weighted by Gasteiger charge is 2.11. The molecular formula is C18H13ClO3. The number of hydrogen-bond acceptors (Lipinski definition) is 2. The van der Waals surface area contributed by atoms with E-state index in [1.807, 2.05) is 0 Å². The van der Waals surface area contributed by atoms with Gasteiger partial charge in [0.05, 0.1) is 0 Å². The maximum absolute atomic E-state index is 12.4. The molecule has 0 radical (unpaired) electrons. The molecule has 0 aliphatic heterocycles. The summed E-state index contributed by atoms with van der Waals surface area (Å²) in [7, 11) is 0. The summed E-state index contributed by atoms with van der Waals surface area (Å²) in [6, 6.07) is 13.5. The van der Waals surface area contributed by atoms with Crippen LogP contribution in [0.1, 0.15) is 21.5 Å². The van der Waals surface area contributed by atoms with Crippen molar-refractivity contribution in [3.8, 4) is 0 Å². The Morgan fingerprint density at radius 2 is 1.50 bits per heavy atom. The fourth-order valence-corrected chi connectivity index (χ4v) is 2.00. The van der Waals surface area contributed by atoms with Crippen LogP contribution in [0.3, 0.4) is 0 Å². The number of ketones is 1. The average Bonchev–Trinajstić information content (AvgIpc) is 2.53. The van der Waals surface area contributed by atoms with Gasteiger partial charge in [-0.3, -0.25) is 4.79 Å². The van der Waals surface area contributed by atoms with Gasteiger partial charge in [-0.2, -0.15) is 0 Å². The Morgan fingerprint density at radius 1 is 0.955 bits per heavy atom. The second-order valence-electron chi connectivity index (χ2n) is 4.61. The lowest BCUT2D eigenvalue weighted by Gasteiger charge is -2.06. The monoisotopic (exact) mass is 312 g/mol. The van der Waals surface area contributed by atoms with Crippen LogP contribution in [0.15, 0.2) is 61.2 Å². The van der Waals surface area contributed by atoms with E-state index in [-0.39, 0.29) is 5.78 Å². The molecule has 0 aliphatic carbocycles. The quantitative estimate of drug-likeness (QED) is 0.660. The predicted octanol–water partition coefficient (Wildman–Crippen LogP) is 4.33. The van der Waals surface area contributed by atoms with Crippen molar-refractivity contribution in [1.29, 1.82) is 0 Å². The van der Waals surface area contributed by atoms with Gasteiger partial charge in [0.1, 0.15) is 0 Å². The molecule has 2 rings (SSSR count). The second-order valence-corrected chi connectivity index (χ2v) is 5.04. The number of carboxylic acids is 1. The number of aliphatic carboxylic acids is 1. The number of carbonyl (C=O) groups is 2. The molecule has 0 saturated heterocycles. The van der Waals surface area contributed by atoms with Gasteiger partial charge in [0.2, 0.25) is 0 Å². The Labute approximate surface area is 133 Å². The Bertz CT molecular complexity index is 741. The number of benzene rings is 2. The molecule has 110 valence electrons. The number of carbonyl (C=O) groups excluding carboxylic acids is 1. The van der Waals surface area contributed by atoms with Crippen LogP contribution < -0.4 is 0 Å². The standard InChI is InChI=1S/C18H13ClO3/c1-12(14-7-9-16(19)10-8-14)18(22)15-5-2-13(3-6-15)4-11-17(20)21/h2-11H,1H2,(H,20,21)/b11-4+. The van der Waals surface area contributed by atoms with Crippen molar-refractivity contribution < 1.29 is 14.7 Å². The van der Waals surface area contributed by atoms with Gasteiger partial charge in [0.25, 0.3) is 0 Å². The van der Waals surface area contributed by atoms with Crippen molar-refractivity contribution in [2.45, 2.75) is 0 Å². The van der Waals surface area contributed by atoms with E-state index in [1.54, 1.807) is 48.5 Å². The van der Waals surface area contributed by atoms with E-state index >= 15 is 0 Å². The highest BCUT2D eigenvalue weighted by Crippen LogP contribution is 2.20. The third-order valence-corrected chi connectivity index (χ3v) is 3.31. The molecule has 1 N–H and O–H groups in total. The molecule has 3 nitrogen and oxygen atoms in total. The lowest BCUT2D eigenvalue weighted by molar-refractivity contribution is -0.131. The van der Waals surface area contributed by atoms with Crippen molar-refractivity contribution in [3.05, 3.63) is 82.9 Å². The zero-order valence-electron chi connectivity index (χ0n) is 11.6. The van der Waals surface area contributed by atoms with E-state index in [4.69, 9.17) is 16.7 Å². The first kappa shape index (κ1) is 15.7. The van der Waals surface area contributed by atoms with Gasteiger partial charge >= 0.3 is 5.97 Å². The van der Waals surface area contributed by atoms with Gasteiger partial charge in [-0.25, -0.2) is 4.79 Å². The third kappa shape index (κ3) is 3.93. The van der Waals surface area contributed by atoms with Crippen LogP contribution in [0, 0.1) is 0 Å². The number of carboxylic acid groups (broad SMARTS) is 1. The van der Waals surface area contributed by atoms with Crippen LogP contribution in [0.25, 0.3) is 11.6 Å². The van der Waals surface area contributed by atoms with E-state index in [1.165, 1.54) is 6.08 Å². The zero-order valence-corrected chi connectivity index (χ0v) is 12.4. The molecule has 0 spiro atoms. The predicted molar refractivity (Wildman–Crippen MR) is 87.9 cm³/mol. The first-order valence-electron chi connectivity index (χ1n) is 6.48. The number of hydrogen-bond donors (Lipinski definition) is 1. The smallest absolute Gasteiger partial charge is 0.328 e. The largest absolute Gasteiger partial charge is 0.478 e. The minimum atomic E-state index is -1.02. The molecule has 4 heteroatoms. The van der Waals surface area contributed by atoms with Gasteiger partial charge < -0.3 is 5.11 Å². The lowest BCUT2D eigenvalue weighted by Crippen LogP contribution is -2.01. The Kier molecular flexibility index (Phi) is 4.92. The lowest BCUT2D eigenvalue weighted by atomic mass is 9.97. The van der Waals surface area contributed by atoms with Crippen LogP contribution in [0.4, 0.5) is 0 Å². The molecule has 2 aromatic carbocycles. The molecule has 0 saturated carbocycles. The second kappa shape index (κ2) is 6.87. The fraction of sp³-hybridized carbons (Fsp3) is 0. The van der Waals surface area contributed by atoms with E-state index in [2.05, 4.69) is 6.58 Å². The van der Waals surface area contributed by atoms with Crippen LogP contribution in [0.2, 0.25) is 5.02 Å². The maximum atomic E-state index is 12.4. The number of halogens is 1. The first-order valence-corrected chi connectivity index (χ1v) is 6.86. The molecule has 0 aliphatic rings. The van der Waals surface area contributed by atoms with Crippen LogP contribution >= 0.6 is 11.6 Å². The van der Waals surface area contributed by atoms with Crippen molar-refractivity contribution in [2.75, 3.05) is 0 Å². The van der Waals surface area contributed by atoms with Crippen molar-refractivity contribution in [2.24, 2.45) is 0 Å². The molecule has 2 aromatic rings. The van der Waals surface area contributed by atoms with Gasteiger partial charge in [-0.15, -0.1) is 0 Å². The minimum Gasteiger partial charge on any atom is -0.478 e. The van der Waals surface area contributed by atoms with Crippen LogP contribution in [0.5, 0.6) is 0 Å². The molecule has 0 aromatic heterocycles. The summed E-state index contributed by atoms with van der Waals surface area (Å²) in [5, 5.41) is 9.17. The maximum Gasteiger partial charge on any atom is 0.328 e. The van der Waals surface area contributed by atoms with Crippen LogP contribution in [-0.4, -0.2) is 16.9 Å². The summed E-state index contributed by atoms with van der Waals surface area (Å²) in [5.74, 6) is -1.20. The van der Waals surface area contributed by atoms with Crippen molar-refractivity contribution >= 4 is 35.0 Å². The molecule has 22 heavy (non-hydrogen) atoms. The molecule has 0 atom stereocenters. The highest BCUT2D eigenvalue weighted by atomic mass is 35.5. The summed E-state index contributed by atoms with van der Waals surface area (Å²) in [4.78, 5) is 22.8. The molecule has 0 bridgehead atoms. The number of Topliss-reactive ketones (excluding diaryl/α,β-unsaturated/α-hetero) is 1. The fourth-order valence-electron chi connectivity index (χ4n) is 1.87. The number of rotatable bonds is 5. The third-order valence-electron chi connectivity index (χ3n) is 3.06. The molecule has 0 heterocycles. The summed E-state index contributed by atoms with van der Waals surface area (Å²) < 4.78 is 0. The molecular weight excluding hydrogens is 300 g/mol. The van der Waals surface area contributed by atoms with Crippen molar-refractivity contribution in [3.63, 3.8) is 0 Å². The van der Waals surface area contributed by atoms with E-state index in [0.29, 0.717) is 27.3 Å². The summed E-state index contributed by atoms with van der Waals surface area (Å²) in [5.41, 5.74) is 2.29. The molecule has 0 amide bonds. The van der Waals surface area contributed by atoms with E-state index < -0.39 is 5.97 Å². The topological polar surface area (TPSA) is 54.4 Å². The van der Waals surface area contributed by atoms with E-state index in [9.17, 15) is 9.59 Å². The SMILES string of the molecule is C=C(C(=O)c1ccc(/C=C/C(=O)O)cc1)c1ccc(Cl)cc1. The van der Waals surface area contributed by atoms with Gasteiger partial charge in [-0.1, -0.05) is 54.6 Å². The minimum absolute atomic E-state index is 0.184. The normalized spacial score (nSPS) is 10.6. The number of allylic oxidation sites excluding steroid dienone is 1. The van der Waals surface area contributed by atoms with E-state index in [0.717, 1.165) is 6.08 Å². The molecule has 0 fully saturated rings. The summed E-state index contributed by atoms with van der Waals surface area (Å²) >= 11 is 5.82. The van der Waals surface area contributed by atoms with Gasteiger partial charge in [-0.05, 0) is 29.3 Å². The summed E-state index contributed by atoms with van der Waals surface area (Å²) in [6.07, 6.45) is 2.51. The summed E-state index contributed by atoms with van der Waals surface area (Å²) in [6.45, 7) is 3.83. The van der Waals surface area contributed by atoms with Crippen LogP contribution in [-0.2, 0) is 4.79 Å². The first-order chi connectivity index (χ1) is 10.5. The Hall–Kier alpha value is -2.65. The molecule has 0 unspecified atom stereocenters. The average molecular weight is 313 g/mol. The zero-order chi connectivity index (χ0) is 16.1. The highest BCUT2D eigenvalue weighted by molar-refractivity contribution is 6.31.